The highest BCUT2D eigenvalue weighted by Gasteiger charge is 2.08. The van der Waals surface area contributed by atoms with Crippen LogP contribution in [0.5, 0.6) is 11.6 Å². The Labute approximate surface area is 106 Å². The number of carboxylic acid groups (broad SMARTS) is 1. The summed E-state index contributed by atoms with van der Waals surface area (Å²) >= 11 is 0. The topological polar surface area (TPSA) is 115 Å². The van der Waals surface area contributed by atoms with Crippen molar-refractivity contribution in [2.45, 2.75) is 0 Å². The molecule has 1 aromatic carbocycles. The molecule has 0 radical (unpaired) electrons. The zero-order chi connectivity index (χ0) is 13.8. The lowest BCUT2D eigenvalue weighted by molar-refractivity contribution is -0.384. The van der Waals surface area contributed by atoms with Crippen molar-refractivity contribution in [2.75, 3.05) is 0 Å². The Morgan fingerprint density at radius 1 is 1.16 bits per heavy atom. The molecule has 0 saturated heterocycles. The summed E-state index contributed by atoms with van der Waals surface area (Å²) in [5.41, 5.74) is -0.254. The van der Waals surface area contributed by atoms with E-state index in [1.54, 1.807) is 0 Å². The SMILES string of the molecule is O=C(O)c1ccc(Oc2ccc([N+](=O)[O-])cc2)nn1. The third-order valence-electron chi connectivity index (χ3n) is 2.13. The van der Waals surface area contributed by atoms with Crippen LogP contribution in [0.15, 0.2) is 36.4 Å². The van der Waals surface area contributed by atoms with Crippen molar-refractivity contribution in [1.29, 1.82) is 0 Å². The van der Waals surface area contributed by atoms with Crippen molar-refractivity contribution < 1.29 is 19.6 Å². The Morgan fingerprint density at radius 3 is 2.32 bits per heavy atom. The Bertz CT molecular complexity index is 554. The van der Waals surface area contributed by atoms with Gasteiger partial charge in [-0.2, -0.15) is 0 Å². The first-order valence-corrected chi connectivity index (χ1v) is 5.05. The minimum atomic E-state index is -1.19. The maximum Gasteiger partial charge on any atom is 0.356 e. The smallest absolute Gasteiger partial charge is 0.356 e. The predicted octanol–water partition coefficient (Wildman–Crippen LogP) is 1.88. The number of benzene rings is 1. The van der Waals surface area contributed by atoms with Gasteiger partial charge in [0, 0.05) is 18.2 Å². The average Bonchev–Trinajstić information content (AvgIpc) is 2.40. The molecule has 8 nitrogen and oxygen atoms in total. The second-order valence-corrected chi connectivity index (χ2v) is 3.42. The maximum atomic E-state index is 10.6. The van der Waals surface area contributed by atoms with Crippen molar-refractivity contribution in [3.8, 4) is 11.6 Å². The fourth-order valence-electron chi connectivity index (χ4n) is 1.25. The van der Waals surface area contributed by atoms with Gasteiger partial charge in [-0.15, -0.1) is 10.2 Å². The summed E-state index contributed by atoms with van der Waals surface area (Å²) in [6, 6.07) is 7.98. The van der Waals surface area contributed by atoms with Crippen LogP contribution in [0.1, 0.15) is 10.5 Å². The molecule has 1 heterocycles. The molecule has 0 spiro atoms. The number of carboxylic acids is 1. The summed E-state index contributed by atoms with van der Waals surface area (Å²) in [6.07, 6.45) is 0. The van der Waals surface area contributed by atoms with Gasteiger partial charge in [-0.1, -0.05) is 0 Å². The molecule has 8 heteroatoms. The van der Waals surface area contributed by atoms with Gasteiger partial charge < -0.3 is 9.84 Å². The molecule has 0 atom stereocenters. The third kappa shape index (κ3) is 3.00. The molecule has 0 saturated carbocycles. The number of aromatic nitrogens is 2. The molecule has 0 aliphatic rings. The monoisotopic (exact) mass is 261 g/mol. The van der Waals surface area contributed by atoms with Crippen molar-refractivity contribution in [3.63, 3.8) is 0 Å². The van der Waals surface area contributed by atoms with Crippen LogP contribution < -0.4 is 4.74 Å². The Kier molecular flexibility index (Phi) is 3.33. The molecule has 1 aromatic heterocycles. The van der Waals surface area contributed by atoms with E-state index in [-0.39, 0.29) is 17.3 Å². The van der Waals surface area contributed by atoms with E-state index < -0.39 is 10.9 Å². The molecule has 0 aliphatic carbocycles. The molecule has 1 N–H and O–H groups in total. The summed E-state index contributed by atoms with van der Waals surface area (Å²) in [5.74, 6) is -0.754. The number of nitrogens with zero attached hydrogens (tertiary/aromatic N) is 3. The van der Waals surface area contributed by atoms with Gasteiger partial charge in [0.05, 0.1) is 4.92 Å². The highest BCUT2D eigenvalue weighted by atomic mass is 16.6. The van der Waals surface area contributed by atoms with Crippen LogP contribution in [0, 0.1) is 10.1 Å². The van der Waals surface area contributed by atoms with Crippen molar-refractivity contribution in [1.82, 2.24) is 10.2 Å². The first-order valence-electron chi connectivity index (χ1n) is 5.05. The largest absolute Gasteiger partial charge is 0.476 e. The number of nitro benzene ring substituents is 1. The van der Waals surface area contributed by atoms with Gasteiger partial charge in [-0.05, 0) is 18.2 Å². The molecule has 0 unspecified atom stereocenters. The minimum absolute atomic E-state index is 0.0559. The second kappa shape index (κ2) is 5.08. The molecule has 0 fully saturated rings. The lowest BCUT2D eigenvalue weighted by atomic mass is 10.3. The van der Waals surface area contributed by atoms with Gasteiger partial charge in [0.1, 0.15) is 5.75 Å². The van der Waals surface area contributed by atoms with Crippen molar-refractivity contribution in [3.05, 3.63) is 52.2 Å². The molecule has 96 valence electrons. The highest BCUT2D eigenvalue weighted by Crippen LogP contribution is 2.21. The molecule has 0 aliphatic heterocycles. The molecule has 2 aromatic rings. The minimum Gasteiger partial charge on any atom is -0.476 e. The summed E-state index contributed by atoms with van der Waals surface area (Å²) in [4.78, 5) is 20.5. The quantitative estimate of drug-likeness (QED) is 0.659. The van der Waals surface area contributed by atoms with E-state index in [1.165, 1.54) is 36.4 Å². The number of non-ortho nitro benzene ring substituents is 1. The summed E-state index contributed by atoms with van der Waals surface area (Å²) in [7, 11) is 0. The van der Waals surface area contributed by atoms with Crippen LogP contribution >= 0.6 is 0 Å². The molecular weight excluding hydrogens is 254 g/mol. The molecule has 19 heavy (non-hydrogen) atoms. The van der Waals surface area contributed by atoms with E-state index >= 15 is 0 Å². The van der Waals surface area contributed by atoms with E-state index in [9.17, 15) is 14.9 Å². The number of carbonyl (C=O) groups is 1. The van der Waals surface area contributed by atoms with Crippen LogP contribution in [0.4, 0.5) is 5.69 Å². The van der Waals surface area contributed by atoms with Crippen LogP contribution in [0.25, 0.3) is 0 Å². The number of rotatable bonds is 4. The van der Waals surface area contributed by atoms with E-state index in [2.05, 4.69) is 10.2 Å². The van der Waals surface area contributed by atoms with E-state index in [1.807, 2.05) is 0 Å². The molecule has 0 bridgehead atoms. The van der Waals surface area contributed by atoms with E-state index in [0.29, 0.717) is 5.75 Å². The van der Waals surface area contributed by atoms with Gasteiger partial charge >= 0.3 is 5.97 Å². The van der Waals surface area contributed by atoms with E-state index in [0.717, 1.165) is 0 Å². The summed E-state index contributed by atoms with van der Waals surface area (Å²) in [6.45, 7) is 0. The predicted molar refractivity (Wildman–Crippen MR) is 62.2 cm³/mol. The number of ether oxygens (including phenoxy) is 1. The summed E-state index contributed by atoms with van der Waals surface area (Å²) in [5, 5.41) is 26.1. The Balaban J connectivity index is 2.12. The van der Waals surface area contributed by atoms with Crippen LogP contribution in [-0.4, -0.2) is 26.2 Å². The number of aromatic carboxylic acids is 1. The Morgan fingerprint density at radius 2 is 1.84 bits per heavy atom. The van der Waals surface area contributed by atoms with Crippen molar-refractivity contribution >= 4 is 11.7 Å². The van der Waals surface area contributed by atoms with Crippen molar-refractivity contribution in [2.24, 2.45) is 0 Å². The van der Waals surface area contributed by atoms with Crippen LogP contribution in [-0.2, 0) is 0 Å². The lowest BCUT2D eigenvalue weighted by Crippen LogP contribution is -2.02. The highest BCUT2D eigenvalue weighted by molar-refractivity contribution is 5.84. The fraction of sp³-hybridized carbons (Fsp3) is 0. The zero-order valence-corrected chi connectivity index (χ0v) is 9.39. The average molecular weight is 261 g/mol. The van der Waals surface area contributed by atoms with Gasteiger partial charge in [-0.25, -0.2) is 4.79 Å². The third-order valence-corrected chi connectivity index (χ3v) is 2.13. The van der Waals surface area contributed by atoms with Gasteiger partial charge in [0.2, 0.25) is 5.88 Å². The summed E-state index contributed by atoms with van der Waals surface area (Å²) < 4.78 is 5.26. The number of hydrogen-bond donors (Lipinski definition) is 1. The molecular formula is C11H7N3O5. The van der Waals surface area contributed by atoms with Crippen LogP contribution in [0.2, 0.25) is 0 Å². The maximum absolute atomic E-state index is 10.6. The van der Waals surface area contributed by atoms with E-state index in [4.69, 9.17) is 9.84 Å². The zero-order valence-electron chi connectivity index (χ0n) is 9.39. The molecule has 0 amide bonds. The number of hydrogen-bond acceptors (Lipinski definition) is 6. The van der Waals surface area contributed by atoms with Gasteiger partial charge in [0.25, 0.3) is 5.69 Å². The van der Waals surface area contributed by atoms with Gasteiger partial charge in [-0.3, -0.25) is 10.1 Å². The van der Waals surface area contributed by atoms with Crippen LogP contribution in [0.3, 0.4) is 0 Å². The number of nitro groups is 1. The second-order valence-electron chi connectivity index (χ2n) is 3.42. The first-order chi connectivity index (χ1) is 9.06. The Hall–Kier alpha value is -3.03. The normalized spacial score (nSPS) is 9.89. The standard InChI is InChI=1S/C11H7N3O5/c15-11(16)9-5-6-10(13-12-9)19-8-3-1-7(2-4-8)14(17)18/h1-6H,(H,15,16). The first kappa shape index (κ1) is 12.4. The fourth-order valence-corrected chi connectivity index (χ4v) is 1.25. The molecule has 2 rings (SSSR count). The van der Waals surface area contributed by atoms with Gasteiger partial charge in [0.15, 0.2) is 5.69 Å². The lowest BCUT2D eigenvalue weighted by Gasteiger charge is -2.03.